The highest BCUT2D eigenvalue weighted by atomic mass is 19.1. The van der Waals surface area contributed by atoms with Gasteiger partial charge in [0.05, 0.1) is 11.1 Å². The van der Waals surface area contributed by atoms with E-state index in [1.807, 2.05) is 24.3 Å². The van der Waals surface area contributed by atoms with Crippen LogP contribution < -0.4 is 11.1 Å². The SMILES string of the molecule is C[C@]1(O)C[C@@](NC(=O)O)(c2ccc(-c3cnc(N)cc3-c3ccccc3F)cc2)C1. The summed E-state index contributed by atoms with van der Waals surface area (Å²) in [5.74, 6) is -0.0720. The number of nitrogens with one attached hydrogen (secondary N) is 1. The molecule has 0 bridgehead atoms. The smallest absolute Gasteiger partial charge is 0.405 e. The maximum atomic E-state index is 14.4. The Labute approximate surface area is 173 Å². The van der Waals surface area contributed by atoms with Crippen molar-refractivity contribution in [2.24, 2.45) is 0 Å². The zero-order valence-electron chi connectivity index (χ0n) is 16.4. The number of anilines is 1. The minimum atomic E-state index is -1.14. The molecule has 0 saturated heterocycles. The van der Waals surface area contributed by atoms with Crippen LogP contribution in [0.1, 0.15) is 25.3 Å². The third-order valence-electron chi connectivity index (χ3n) is 5.55. The van der Waals surface area contributed by atoms with Gasteiger partial charge in [-0.05, 0) is 35.7 Å². The second-order valence-corrected chi connectivity index (χ2v) is 8.07. The summed E-state index contributed by atoms with van der Waals surface area (Å²) >= 11 is 0. The van der Waals surface area contributed by atoms with Gasteiger partial charge in [0.2, 0.25) is 0 Å². The third-order valence-corrected chi connectivity index (χ3v) is 5.55. The fraction of sp³-hybridized carbons (Fsp3) is 0.217. The lowest BCUT2D eigenvalue weighted by Gasteiger charge is -2.51. The van der Waals surface area contributed by atoms with Crippen molar-refractivity contribution >= 4 is 11.9 Å². The second-order valence-electron chi connectivity index (χ2n) is 8.07. The van der Waals surface area contributed by atoms with Crippen LogP contribution in [0.5, 0.6) is 0 Å². The van der Waals surface area contributed by atoms with Crippen LogP contribution >= 0.6 is 0 Å². The van der Waals surface area contributed by atoms with E-state index in [4.69, 9.17) is 5.73 Å². The van der Waals surface area contributed by atoms with Crippen molar-refractivity contribution in [2.45, 2.75) is 30.9 Å². The molecule has 3 aromatic rings. The molecular weight excluding hydrogens is 385 g/mol. The number of halogens is 1. The van der Waals surface area contributed by atoms with Crippen LogP contribution in [0.2, 0.25) is 0 Å². The Bertz CT molecular complexity index is 1100. The van der Waals surface area contributed by atoms with E-state index in [0.29, 0.717) is 16.7 Å². The summed E-state index contributed by atoms with van der Waals surface area (Å²) in [6.45, 7) is 1.68. The van der Waals surface area contributed by atoms with Gasteiger partial charge in [0.25, 0.3) is 0 Å². The standard InChI is InChI=1S/C23H22FN3O3/c1-22(30)12-23(13-22,27-21(28)29)15-8-6-14(7-9-15)18-11-26-20(25)10-17(18)16-4-2-3-5-19(16)24/h2-11,27,30H,12-13H2,1H3,(H2,25,26)(H,28,29)/t22-,23-. The molecule has 0 atom stereocenters. The van der Waals surface area contributed by atoms with E-state index in [1.54, 1.807) is 37.4 Å². The molecule has 1 aliphatic rings. The highest BCUT2D eigenvalue weighted by molar-refractivity contribution is 5.84. The van der Waals surface area contributed by atoms with Crippen LogP contribution in [0.3, 0.4) is 0 Å². The monoisotopic (exact) mass is 407 g/mol. The normalized spacial score (nSPS) is 22.9. The highest BCUT2D eigenvalue weighted by Crippen LogP contribution is 2.48. The average molecular weight is 407 g/mol. The summed E-state index contributed by atoms with van der Waals surface area (Å²) in [5, 5.41) is 22.0. The molecule has 5 N–H and O–H groups in total. The van der Waals surface area contributed by atoms with Gasteiger partial charge in [-0.15, -0.1) is 0 Å². The van der Waals surface area contributed by atoms with Gasteiger partial charge in [0.15, 0.2) is 0 Å². The molecule has 0 unspecified atom stereocenters. The van der Waals surface area contributed by atoms with Gasteiger partial charge in [0, 0.05) is 30.2 Å². The summed E-state index contributed by atoms with van der Waals surface area (Å²) in [4.78, 5) is 15.5. The number of nitrogens with two attached hydrogens (primary N) is 1. The largest absolute Gasteiger partial charge is 0.465 e. The lowest BCUT2D eigenvalue weighted by molar-refractivity contribution is -0.0858. The molecule has 2 aromatic carbocycles. The van der Waals surface area contributed by atoms with E-state index in [0.717, 1.165) is 11.1 Å². The third kappa shape index (κ3) is 3.59. The molecule has 1 fully saturated rings. The summed E-state index contributed by atoms with van der Waals surface area (Å²) in [7, 11) is 0. The fourth-order valence-electron chi connectivity index (χ4n) is 4.39. The molecule has 1 aromatic heterocycles. The van der Waals surface area contributed by atoms with Crippen molar-refractivity contribution in [2.75, 3.05) is 5.73 Å². The molecule has 7 heteroatoms. The van der Waals surface area contributed by atoms with Crippen LogP contribution in [-0.4, -0.2) is 26.9 Å². The van der Waals surface area contributed by atoms with Gasteiger partial charge < -0.3 is 21.3 Å². The molecule has 1 heterocycles. The van der Waals surface area contributed by atoms with Crippen molar-refractivity contribution in [1.82, 2.24) is 10.3 Å². The molecule has 1 amide bonds. The number of aromatic nitrogens is 1. The molecule has 0 aliphatic heterocycles. The van der Waals surface area contributed by atoms with Gasteiger partial charge >= 0.3 is 6.09 Å². The highest BCUT2D eigenvalue weighted by Gasteiger charge is 2.53. The lowest BCUT2D eigenvalue weighted by Crippen LogP contribution is -2.61. The Hall–Kier alpha value is -3.45. The van der Waals surface area contributed by atoms with Crippen molar-refractivity contribution in [3.05, 3.63) is 72.2 Å². The molecule has 154 valence electrons. The van der Waals surface area contributed by atoms with Crippen LogP contribution in [0.4, 0.5) is 15.0 Å². The lowest BCUT2D eigenvalue weighted by atomic mass is 9.62. The number of rotatable bonds is 4. The number of nitrogen functional groups attached to an aromatic ring is 1. The van der Waals surface area contributed by atoms with Crippen molar-refractivity contribution in [3.8, 4) is 22.3 Å². The van der Waals surface area contributed by atoms with Crippen molar-refractivity contribution < 1.29 is 19.4 Å². The summed E-state index contributed by atoms with van der Waals surface area (Å²) in [6.07, 6.45) is 1.04. The molecule has 0 spiro atoms. The number of aliphatic hydroxyl groups is 1. The fourth-order valence-corrected chi connectivity index (χ4v) is 4.39. The molecule has 1 aliphatic carbocycles. The summed E-state index contributed by atoms with van der Waals surface area (Å²) < 4.78 is 14.4. The number of hydrogen-bond acceptors (Lipinski definition) is 4. The van der Waals surface area contributed by atoms with E-state index >= 15 is 0 Å². The van der Waals surface area contributed by atoms with E-state index in [9.17, 15) is 19.4 Å². The summed E-state index contributed by atoms with van der Waals surface area (Å²) in [6, 6.07) is 15.4. The number of carbonyl (C=O) groups is 1. The summed E-state index contributed by atoms with van der Waals surface area (Å²) in [5.41, 5.74) is 7.41. The molecule has 30 heavy (non-hydrogen) atoms. The Morgan fingerprint density at radius 3 is 2.37 bits per heavy atom. The maximum absolute atomic E-state index is 14.4. The van der Waals surface area contributed by atoms with Crippen molar-refractivity contribution in [3.63, 3.8) is 0 Å². The first-order chi connectivity index (χ1) is 14.2. The van der Waals surface area contributed by atoms with Crippen LogP contribution in [0, 0.1) is 5.82 Å². The number of hydrogen-bond donors (Lipinski definition) is 4. The number of pyridine rings is 1. The Morgan fingerprint density at radius 2 is 1.77 bits per heavy atom. The molecular formula is C23H22FN3O3. The van der Waals surface area contributed by atoms with Crippen LogP contribution in [-0.2, 0) is 5.54 Å². The first-order valence-corrected chi connectivity index (χ1v) is 9.54. The quantitative estimate of drug-likeness (QED) is 0.520. The zero-order chi connectivity index (χ0) is 21.5. The van der Waals surface area contributed by atoms with Crippen LogP contribution in [0.15, 0.2) is 60.8 Å². The maximum Gasteiger partial charge on any atom is 0.405 e. The molecule has 0 radical (unpaired) electrons. The van der Waals surface area contributed by atoms with E-state index in [1.165, 1.54) is 6.07 Å². The van der Waals surface area contributed by atoms with Crippen molar-refractivity contribution in [1.29, 1.82) is 0 Å². The first kappa shape index (κ1) is 19.8. The predicted molar refractivity (Wildman–Crippen MR) is 112 cm³/mol. The van der Waals surface area contributed by atoms with Gasteiger partial charge in [-0.25, -0.2) is 14.2 Å². The molecule has 4 rings (SSSR count). The van der Waals surface area contributed by atoms with E-state index in [2.05, 4.69) is 10.3 Å². The number of benzene rings is 2. The van der Waals surface area contributed by atoms with E-state index in [-0.39, 0.29) is 24.5 Å². The minimum Gasteiger partial charge on any atom is -0.465 e. The topological polar surface area (TPSA) is 108 Å². The molecule has 1 saturated carbocycles. The van der Waals surface area contributed by atoms with Crippen LogP contribution in [0.25, 0.3) is 22.3 Å². The predicted octanol–water partition coefficient (Wildman–Crippen LogP) is 4.14. The van der Waals surface area contributed by atoms with E-state index < -0.39 is 17.2 Å². The molecule has 6 nitrogen and oxygen atoms in total. The van der Waals surface area contributed by atoms with Gasteiger partial charge in [-0.3, -0.25) is 0 Å². The van der Waals surface area contributed by atoms with Gasteiger partial charge in [-0.1, -0.05) is 42.5 Å². The number of nitrogens with zero attached hydrogens (tertiary/aromatic N) is 1. The Morgan fingerprint density at radius 1 is 1.10 bits per heavy atom. The average Bonchev–Trinajstić information content (AvgIpc) is 2.66. The number of amides is 1. The Kier molecular flexibility index (Phi) is 4.70. The van der Waals surface area contributed by atoms with Gasteiger partial charge in [-0.2, -0.15) is 0 Å². The van der Waals surface area contributed by atoms with Gasteiger partial charge in [0.1, 0.15) is 11.6 Å². The minimum absolute atomic E-state index is 0.287. The first-order valence-electron chi connectivity index (χ1n) is 9.54. The second kappa shape index (κ2) is 7.11. The number of carboxylic acid groups (broad SMARTS) is 1. The Balaban J connectivity index is 1.74. The zero-order valence-corrected chi connectivity index (χ0v) is 16.4.